The number of rotatable bonds is 4. The Morgan fingerprint density at radius 3 is 2.58 bits per heavy atom. The van der Waals surface area contributed by atoms with Crippen molar-refractivity contribution in [2.45, 2.75) is 40.0 Å². The molecule has 1 amide bonds. The number of carbonyl (C=O) groups is 1. The zero-order valence-electron chi connectivity index (χ0n) is 21.4. The number of aromatic nitrogens is 2. The van der Waals surface area contributed by atoms with Crippen LogP contribution in [0.15, 0.2) is 42.7 Å². The molecule has 0 radical (unpaired) electrons. The van der Waals surface area contributed by atoms with E-state index < -0.39 is 11.7 Å². The summed E-state index contributed by atoms with van der Waals surface area (Å²) in [5.41, 5.74) is 5.09. The van der Waals surface area contributed by atoms with Crippen molar-refractivity contribution >= 4 is 17.3 Å². The topological polar surface area (TPSA) is 67.4 Å². The molecule has 1 N–H and O–H groups in total. The summed E-state index contributed by atoms with van der Waals surface area (Å²) >= 11 is 0. The van der Waals surface area contributed by atoms with Crippen LogP contribution in [0.4, 0.5) is 15.8 Å². The number of nitrogens with zero attached hydrogens (tertiary/aromatic N) is 3. The van der Waals surface area contributed by atoms with Crippen LogP contribution in [0.5, 0.6) is 0 Å². The zero-order valence-corrected chi connectivity index (χ0v) is 21.4. The number of halogens is 1. The predicted octanol–water partition coefficient (Wildman–Crippen LogP) is 5.35. The Hall–Kier alpha value is -3.76. The lowest BCUT2D eigenvalue weighted by Gasteiger charge is -2.29. The Balaban J connectivity index is 1.69. The summed E-state index contributed by atoms with van der Waals surface area (Å²) < 4.78 is 20.4. The van der Waals surface area contributed by atoms with Crippen LogP contribution in [-0.4, -0.2) is 42.2 Å². The highest BCUT2D eigenvalue weighted by molar-refractivity contribution is 6.04. The average molecular weight is 487 g/mol. The number of aryl methyl sites for hydroxylation is 1. The maximum atomic E-state index is 14.9. The highest BCUT2D eigenvalue weighted by Crippen LogP contribution is 2.32. The fourth-order valence-corrected chi connectivity index (χ4v) is 4.12. The van der Waals surface area contributed by atoms with E-state index >= 15 is 0 Å². The standard InChI is InChI=1S/C29H31FN4O2/c1-6-7-24-26(34-10-12-36-13-11-34)15-21(18-32-24)22-17-25(23(30)14-19(22)2)33-28(35)20-8-9-31-27(16-20)29(3,4)5/h8-9,14-18H,10-13H2,1-5H3,(H,33,35). The molecule has 7 heteroatoms. The molecule has 3 aromatic rings. The van der Waals surface area contributed by atoms with Gasteiger partial charge >= 0.3 is 0 Å². The van der Waals surface area contributed by atoms with Gasteiger partial charge in [0, 0.05) is 47.7 Å². The van der Waals surface area contributed by atoms with Crippen LogP contribution < -0.4 is 10.2 Å². The summed E-state index contributed by atoms with van der Waals surface area (Å²) in [6.07, 6.45) is 3.35. The van der Waals surface area contributed by atoms with Crippen molar-refractivity contribution in [2.75, 3.05) is 36.5 Å². The number of carbonyl (C=O) groups excluding carboxylic acids is 1. The van der Waals surface area contributed by atoms with Crippen molar-refractivity contribution in [1.82, 2.24) is 9.97 Å². The van der Waals surface area contributed by atoms with E-state index in [1.54, 1.807) is 37.5 Å². The van der Waals surface area contributed by atoms with E-state index in [1.165, 1.54) is 6.07 Å². The van der Waals surface area contributed by atoms with Crippen LogP contribution in [0.3, 0.4) is 0 Å². The second kappa shape index (κ2) is 10.5. The quantitative estimate of drug-likeness (QED) is 0.504. The molecular weight excluding hydrogens is 455 g/mol. The molecule has 1 aliphatic heterocycles. The smallest absolute Gasteiger partial charge is 0.255 e. The van der Waals surface area contributed by atoms with E-state index in [-0.39, 0.29) is 11.1 Å². The van der Waals surface area contributed by atoms with Gasteiger partial charge in [-0.15, -0.1) is 0 Å². The van der Waals surface area contributed by atoms with Gasteiger partial charge in [0.25, 0.3) is 5.91 Å². The molecule has 1 aliphatic rings. The third-order valence-corrected chi connectivity index (χ3v) is 6.13. The van der Waals surface area contributed by atoms with E-state index in [1.807, 2.05) is 33.8 Å². The molecule has 1 saturated heterocycles. The van der Waals surface area contributed by atoms with Gasteiger partial charge in [0.2, 0.25) is 0 Å². The first-order chi connectivity index (χ1) is 17.2. The molecule has 1 fully saturated rings. The Labute approximate surface area is 211 Å². The number of hydrogen-bond acceptors (Lipinski definition) is 5. The molecule has 0 bridgehead atoms. The zero-order chi connectivity index (χ0) is 25.9. The van der Waals surface area contributed by atoms with Crippen LogP contribution in [0.2, 0.25) is 0 Å². The van der Waals surface area contributed by atoms with Crippen LogP contribution in [0, 0.1) is 24.6 Å². The van der Waals surface area contributed by atoms with E-state index in [0.717, 1.165) is 41.2 Å². The lowest BCUT2D eigenvalue weighted by molar-refractivity contribution is 0.102. The lowest BCUT2D eigenvalue weighted by atomic mass is 9.91. The minimum atomic E-state index is -0.496. The molecule has 2 aromatic heterocycles. The predicted molar refractivity (Wildman–Crippen MR) is 141 cm³/mol. The third-order valence-electron chi connectivity index (χ3n) is 6.13. The van der Waals surface area contributed by atoms with Crippen molar-refractivity contribution < 1.29 is 13.9 Å². The monoisotopic (exact) mass is 486 g/mol. The minimum Gasteiger partial charge on any atom is -0.378 e. The fourth-order valence-electron chi connectivity index (χ4n) is 4.12. The summed E-state index contributed by atoms with van der Waals surface area (Å²) in [4.78, 5) is 24.2. The highest BCUT2D eigenvalue weighted by Gasteiger charge is 2.20. The second-order valence-electron chi connectivity index (χ2n) is 9.85. The molecule has 0 spiro atoms. The molecule has 0 saturated carbocycles. The molecule has 1 aromatic carbocycles. The Morgan fingerprint density at radius 1 is 1.14 bits per heavy atom. The Kier molecular flexibility index (Phi) is 7.37. The normalized spacial score (nSPS) is 13.7. The fraction of sp³-hybridized carbons (Fsp3) is 0.345. The number of ether oxygens (including phenoxy) is 1. The van der Waals surface area contributed by atoms with E-state index in [0.29, 0.717) is 24.5 Å². The van der Waals surface area contributed by atoms with Gasteiger partial charge in [-0.25, -0.2) is 9.37 Å². The molecule has 3 heterocycles. The Bertz CT molecular complexity index is 1350. The number of hydrogen-bond donors (Lipinski definition) is 1. The average Bonchev–Trinajstić information content (AvgIpc) is 2.86. The van der Waals surface area contributed by atoms with Crippen molar-refractivity contribution in [3.8, 4) is 23.0 Å². The number of pyridine rings is 2. The van der Waals surface area contributed by atoms with Crippen LogP contribution in [0.1, 0.15) is 55.0 Å². The van der Waals surface area contributed by atoms with E-state index in [4.69, 9.17) is 4.74 Å². The number of anilines is 2. The van der Waals surface area contributed by atoms with Gasteiger partial charge < -0.3 is 15.0 Å². The van der Waals surface area contributed by atoms with E-state index in [2.05, 4.69) is 32.0 Å². The number of amides is 1. The molecule has 4 rings (SSSR count). The van der Waals surface area contributed by atoms with Gasteiger partial charge in [0.1, 0.15) is 11.5 Å². The van der Waals surface area contributed by atoms with Crippen LogP contribution in [0.25, 0.3) is 11.1 Å². The molecule has 186 valence electrons. The lowest BCUT2D eigenvalue weighted by Crippen LogP contribution is -2.36. The van der Waals surface area contributed by atoms with Gasteiger partial charge in [-0.2, -0.15) is 0 Å². The van der Waals surface area contributed by atoms with Gasteiger partial charge in [-0.3, -0.25) is 9.78 Å². The summed E-state index contributed by atoms with van der Waals surface area (Å²) in [5, 5.41) is 2.74. The third kappa shape index (κ3) is 5.55. The molecule has 0 unspecified atom stereocenters. The molecule has 36 heavy (non-hydrogen) atoms. The van der Waals surface area contributed by atoms with Crippen molar-refractivity contribution in [3.05, 3.63) is 71.1 Å². The van der Waals surface area contributed by atoms with E-state index in [9.17, 15) is 9.18 Å². The Morgan fingerprint density at radius 2 is 1.89 bits per heavy atom. The van der Waals surface area contributed by atoms with Crippen LogP contribution in [-0.2, 0) is 10.2 Å². The molecule has 0 atom stereocenters. The summed E-state index contributed by atoms with van der Waals surface area (Å²) in [7, 11) is 0. The summed E-state index contributed by atoms with van der Waals surface area (Å²) in [5.74, 6) is 5.12. The second-order valence-corrected chi connectivity index (χ2v) is 9.85. The molecule has 6 nitrogen and oxygen atoms in total. The van der Waals surface area contributed by atoms with Gasteiger partial charge in [-0.1, -0.05) is 26.7 Å². The van der Waals surface area contributed by atoms with Crippen molar-refractivity contribution in [3.63, 3.8) is 0 Å². The molecule has 0 aliphatic carbocycles. The number of nitrogens with one attached hydrogen (secondary N) is 1. The van der Waals surface area contributed by atoms with Gasteiger partial charge in [-0.05, 0) is 61.2 Å². The molecular formula is C29H31FN4O2. The van der Waals surface area contributed by atoms with Crippen molar-refractivity contribution in [1.29, 1.82) is 0 Å². The first kappa shape index (κ1) is 25.3. The highest BCUT2D eigenvalue weighted by atomic mass is 19.1. The first-order valence-electron chi connectivity index (χ1n) is 12.0. The first-order valence-corrected chi connectivity index (χ1v) is 12.0. The SMILES string of the molecule is CC#Cc1ncc(-c2cc(NC(=O)c3ccnc(C(C)(C)C)c3)c(F)cc2C)cc1N1CCOCC1. The van der Waals surface area contributed by atoms with Crippen molar-refractivity contribution in [2.24, 2.45) is 0 Å². The van der Waals surface area contributed by atoms with Gasteiger partial charge in [0.15, 0.2) is 0 Å². The number of morpholine rings is 1. The van der Waals surface area contributed by atoms with Gasteiger partial charge in [0.05, 0.1) is 24.6 Å². The van der Waals surface area contributed by atoms with Crippen LogP contribution >= 0.6 is 0 Å². The summed E-state index contributed by atoms with van der Waals surface area (Å²) in [6.45, 7) is 12.5. The maximum Gasteiger partial charge on any atom is 0.255 e. The number of benzene rings is 1. The largest absolute Gasteiger partial charge is 0.378 e. The maximum absolute atomic E-state index is 14.9. The minimum absolute atomic E-state index is 0.111. The summed E-state index contributed by atoms with van der Waals surface area (Å²) in [6, 6.07) is 8.51.